The van der Waals surface area contributed by atoms with Gasteiger partial charge in [-0.1, -0.05) is 13.3 Å². The van der Waals surface area contributed by atoms with Gasteiger partial charge in [-0.3, -0.25) is 5.10 Å². The van der Waals surface area contributed by atoms with E-state index in [1.165, 1.54) is 0 Å². The van der Waals surface area contributed by atoms with Crippen molar-refractivity contribution < 1.29 is 14.9 Å². The molecule has 6 rings (SSSR count). The first-order chi connectivity index (χ1) is 15.4. The standard InChI is InChI=1S/C23H34N6O3/c1-3-4-17(30)12-32-20-8-18(24-19-5-13(2)28-29-19)25-22(26-20)27-21-15-6-14-7-16(21)11-23(31,9-14)10-15/h5,8,14-17,21,30-31H,3-4,6-7,9-12H2,1-2H3,(H3,24,25,26,27,28,29)/t14?,15?,16?,17-,21?,23?/m1/s1. The summed E-state index contributed by atoms with van der Waals surface area (Å²) in [6.07, 6.45) is 6.05. The van der Waals surface area contributed by atoms with Crippen LogP contribution in [0.3, 0.4) is 0 Å². The van der Waals surface area contributed by atoms with E-state index in [2.05, 4.69) is 30.8 Å². The highest BCUT2D eigenvalue weighted by Gasteiger charge is 2.54. The number of aliphatic hydroxyl groups is 2. The molecule has 2 unspecified atom stereocenters. The van der Waals surface area contributed by atoms with Gasteiger partial charge in [-0.2, -0.15) is 15.1 Å². The highest BCUT2D eigenvalue weighted by molar-refractivity contribution is 5.55. The molecule has 4 saturated carbocycles. The Morgan fingerprint density at radius 2 is 1.97 bits per heavy atom. The van der Waals surface area contributed by atoms with Gasteiger partial charge in [0.15, 0.2) is 5.82 Å². The Morgan fingerprint density at radius 1 is 1.19 bits per heavy atom. The number of ether oxygens (including phenoxy) is 1. The second-order valence-corrected chi connectivity index (χ2v) is 10.1. The van der Waals surface area contributed by atoms with E-state index in [9.17, 15) is 10.2 Å². The largest absolute Gasteiger partial charge is 0.475 e. The summed E-state index contributed by atoms with van der Waals surface area (Å²) in [5.74, 6) is 3.69. The van der Waals surface area contributed by atoms with Crippen LogP contribution >= 0.6 is 0 Å². The molecule has 9 heteroatoms. The lowest BCUT2D eigenvalue weighted by molar-refractivity contribution is -0.129. The van der Waals surface area contributed by atoms with Crippen LogP contribution in [0.1, 0.15) is 57.6 Å². The van der Waals surface area contributed by atoms with Crippen LogP contribution in [-0.2, 0) is 0 Å². The zero-order valence-electron chi connectivity index (χ0n) is 18.8. The van der Waals surface area contributed by atoms with E-state index in [0.717, 1.165) is 44.2 Å². The summed E-state index contributed by atoms with van der Waals surface area (Å²) < 4.78 is 5.82. The maximum atomic E-state index is 10.9. The van der Waals surface area contributed by atoms with Gasteiger partial charge in [-0.15, -0.1) is 0 Å². The molecular weight excluding hydrogens is 408 g/mol. The molecule has 5 N–H and O–H groups in total. The topological polar surface area (TPSA) is 128 Å². The maximum Gasteiger partial charge on any atom is 0.228 e. The fourth-order valence-corrected chi connectivity index (χ4v) is 6.21. The third-order valence-corrected chi connectivity index (χ3v) is 7.25. The Hall–Kier alpha value is -2.39. The summed E-state index contributed by atoms with van der Waals surface area (Å²) >= 11 is 0. The molecule has 0 spiro atoms. The summed E-state index contributed by atoms with van der Waals surface area (Å²) in [7, 11) is 0. The minimum absolute atomic E-state index is 0.189. The monoisotopic (exact) mass is 442 g/mol. The lowest BCUT2D eigenvalue weighted by atomic mass is 9.52. The predicted molar refractivity (Wildman–Crippen MR) is 121 cm³/mol. The lowest BCUT2D eigenvalue weighted by Gasteiger charge is -2.58. The Bertz CT molecular complexity index is 934. The Labute approximate surface area is 188 Å². The minimum Gasteiger partial charge on any atom is -0.475 e. The van der Waals surface area contributed by atoms with Crippen molar-refractivity contribution in [1.82, 2.24) is 20.2 Å². The first kappa shape index (κ1) is 21.5. The number of aliphatic hydroxyl groups excluding tert-OH is 1. The normalized spacial score (nSPS) is 31.5. The van der Waals surface area contributed by atoms with Gasteiger partial charge in [0.2, 0.25) is 11.8 Å². The van der Waals surface area contributed by atoms with Crippen molar-refractivity contribution in [2.45, 2.75) is 76.5 Å². The number of aryl methyl sites for hydroxylation is 1. The molecule has 0 aromatic carbocycles. The van der Waals surface area contributed by atoms with Gasteiger partial charge >= 0.3 is 0 Å². The summed E-state index contributed by atoms with van der Waals surface area (Å²) in [5.41, 5.74) is 0.478. The van der Waals surface area contributed by atoms with Crippen molar-refractivity contribution in [3.05, 3.63) is 17.8 Å². The zero-order chi connectivity index (χ0) is 22.3. The van der Waals surface area contributed by atoms with Crippen molar-refractivity contribution >= 4 is 17.6 Å². The summed E-state index contributed by atoms with van der Waals surface area (Å²) in [4.78, 5) is 9.27. The molecule has 174 valence electrons. The van der Waals surface area contributed by atoms with Gasteiger partial charge in [0.25, 0.3) is 0 Å². The van der Waals surface area contributed by atoms with E-state index in [-0.39, 0.29) is 12.6 Å². The molecule has 3 atom stereocenters. The van der Waals surface area contributed by atoms with Crippen molar-refractivity contribution in [2.75, 3.05) is 17.2 Å². The average Bonchev–Trinajstić information content (AvgIpc) is 3.12. The first-order valence-electron chi connectivity index (χ1n) is 11.9. The van der Waals surface area contributed by atoms with Gasteiger partial charge in [-0.25, -0.2) is 0 Å². The molecule has 2 aromatic rings. The number of aromatic amines is 1. The predicted octanol–water partition coefficient (Wildman–Crippen LogP) is 3.14. The van der Waals surface area contributed by atoms with Gasteiger partial charge in [0.05, 0.1) is 11.7 Å². The van der Waals surface area contributed by atoms with E-state index >= 15 is 0 Å². The van der Waals surface area contributed by atoms with Gasteiger partial charge in [0, 0.05) is 23.9 Å². The molecule has 2 aromatic heterocycles. The van der Waals surface area contributed by atoms with Gasteiger partial charge in [0.1, 0.15) is 12.4 Å². The lowest BCUT2D eigenvalue weighted by Crippen LogP contribution is -2.59. The summed E-state index contributed by atoms with van der Waals surface area (Å²) in [5, 5.41) is 34.9. The van der Waals surface area contributed by atoms with Crippen LogP contribution in [0.4, 0.5) is 17.6 Å². The van der Waals surface area contributed by atoms with E-state index in [1.54, 1.807) is 6.07 Å². The van der Waals surface area contributed by atoms with Crippen LogP contribution in [0.2, 0.25) is 0 Å². The molecule has 4 aliphatic rings. The Kier molecular flexibility index (Phi) is 5.71. The average molecular weight is 443 g/mol. The number of nitrogens with one attached hydrogen (secondary N) is 3. The van der Waals surface area contributed by atoms with Crippen molar-refractivity contribution in [3.8, 4) is 5.88 Å². The van der Waals surface area contributed by atoms with Crippen LogP contribution in [0.25, 0.3) is 0 Å². The van der Waals surface area contributed by atoms with Crippen LogP contribution in [-0.4, -0.2) is 54.7 Å². The molecule has 4 fully saturated rings. The SMILES string of the molecule is CCC[C@@H](O)COc1cc(Nc2cc(C)[nH]n2)nc(NC2C3CC4CC2CC(O)(C4)C3)n1. The van der Waals surface area contributed by atoms with Crippen molar-refractivity contribution in [3.63, 3.8) is 0 Å². The fourth-order valence-electron chi connectivity index (χ4n) is 6.21. The fraction of sp³-hybridized carbons (Fsp3) is 0.696. The summed E-state index contributed by atoms with van der Waals surface area (Å²) in [6, 6.07) is 3.89. The molecule has 32 heavy (non-hydrogen) atoms. The highest BCUT2D eigenvalue weighted by atomic mass is 16.5. The quantitative estimate of drug-likeness (QED) is 0.401. The van der Waals surface area contributed by atoms with E-state index in [4.69, 9.17) is 4.74 Å². The smallest absolute Gasteiger partial charge is 0.228 e. The molecule has 2 heterocycles. The van der Waals surface area contributed by atoms with E-state index in [1.807, 2.05) is 19.9 Å². The second kappa shape index (κ2) is 8.51. The molecule has 0 amide bonds. The maximum absolute atomic E-state index is 10.9. The number of hydrogen-bond acceptors (Lipinski definition) is 8. The van der Waals surface area contributed by atoms with Crippen molar-refractivity contribution in [1.29, 1.82) is 0 Å². The molecule has 4 aliphatic carbocycles. The Morgan fingerprint density at radius 3 is 2.62 bits per heavy atom. The summed E-state index contributed by atoms with van der Waals surface area (Å²) in [6.45, 7) is 4.16. The van der Waals surface area contributed by atoms with Crippen LogP contribution in [0, 0.1) is 24.7 Å². The van der Waals surface area contributed by atoms with E-state index < -0.39 is 11.7 Å². The van der Waals surface area contributed by atoms with Crippen LogP contribution in [0.15, 0.2) is 12.1 Å². The minimum atomic E-state index is -0.526. The first-order valence-corrected chi connectivity index (χ1v) is 11.9. The number of anilines is 3. The number of hydrogen-bond donors (Lipinski definition) is 5. The third kappa shape index (κ3) is 4.54. The molecule has 9 nitrogen and oxygen atoms in total. The molecule has 4 bridgehead atoms. The Balaban J connectivity index is 1.35. The van der Waals surface area contributed by atoms with Gasteiger partial charge < -0.3 is 25.6 Å². The number of nitrogens with zero attached hydrogens (tertiary/aromatic N) is 3. The molecule has 0 saturated heterocycles. The molecular formula is C23H34N6O3. The van der Waals surface area contributed by atoms with Gasteiger partial charge in [-0.05, 0) is 63.2 Å². The molecule has 0 aliphatic heterocycles. The molecule has 0 radical (unpaired) electrons. The number of aromatic nitrogens is 4. The van der Waals surface area contributed by atoms with Crippen LogP contribution < -0.4 is 15.4 Å². The number of rotatable bonds is 9. The second-order valence-electron chi connectivity index (χ2n) is 10.1. The highest BCUT2D eigenvalue weighted by Crippen LogP contribution is 2.56. The number of H-pyrrole nitrogens is 1. The third-order valence-electron chi connectivity index (χ3n) is 7.25. The van der Waals surface area contributed by atoms with Crippen LogP contribution in [0.5, 0.6) is 5.88 Å². The van der Waals surface area contributed by atoms with Crippen molar-refractivity contribution in [2.24, 2.45) is 17.8 Å². The van der Waals surface area contributed by atoms with E-state index in [0.29, 0.717) is 47.6 Å². The zero-order valence-corrected chi connectivity index (χ0v) is 18.8.